The molecule has 0 aliphatic carbocycles. The summed E-state index contributed by atoms with van der Waals surface area (Å²) < 4.78 is 1.80. The number of carbonyl (C=O) groups excluding carboxylic acids is 3. The summed E-state index contributed by atoms with van der Waals surface area (Å²) in [7, 11) is 0. The number of piperidine rings is 1. The molecule has 1 fully saturated rings. The van der Waals surface area contributed by atoms with E-state index >= 15 is 0 Å². The SMILES string of the molecule is O=C1CCC(N2Cc3cc(-c4cccc(-n5cccn5)c4)ccc3C2=O)C(=O)N1. The first-order valence-electron chi connectivity index (χ1n) is 9.48. The van der Waals surface area contributed by atoms with Gasteiger partial charge in [-0.3, -0.25) is 19.7 Å². The molecule has 1 unspecified atom stereocenters. The molecule has 3 heterocycles. The van der Waals surface area contributed by atoms with Gasteiger partial charge in [0.1, 0.15) is 6.04 Å². The molecule has 2 aliphatic rings. The van der Waals surface area contributed by atoms with E-state index in [0.717, 1.165) is 22.4 Å². The Balaban J connectivity index is 1.44. The summed E-state index contributed by atoms with van der Waals surface area (Å²) in [4.78, 5) is 38.0. The number of amides is 3. The average Bonchev–Trinajstić information content (AvgIpc) is 3.37. The largest absolute Gasteiger partial charge is 0.322 e. The minimum absolute atomic E-state index is 0.161. The first kappa shape index (κ1) is 17.4. The topological polar surface area (TPSA) is 84.3 Å². The number of fused-ring (bicyclic) bond motifs is 1. The molecule has 7 nitrogen and oxygen atoms in total. The van der Waals surface area contributed by atoms with Gasteiger partial charge in [-0.25, -0.2) is 4.68 Å². The predicted molar refractivity (Wildman–Crippen MR) is 105 cm³/mol. The van der Waals surface area contributed by atoms with E-state index in [0.29, 0.717) is 18.5 Å². The highest BCUT2D eigenvalue weighted by molar-refractivity contribution is 6.05. The zero-order chi connectivity index (χ0) is 20.0. The Morgan fingerprint density at radius 3 is 2.66 bits per heavy atom. The standard InChI is InChI=1S/C22H18N4O3/c27-20-8-7-19(21(28)24-20)25-13-16-11-15(5-6-18(16)22(25)29)14-3-1-4-17(12-14)26-10-2-9-23-26/h1-6,9-12,19H,7-8,13H2,(H,24,27,28). The Kier molecular flexibility index (Phi) is 4.01. The summed E-state index contributed by atoms with van der Waals surface area (Å²) in [5.74, 6) is -0.837. The summed E-state index contributed by atoms with van der Waals surface area (Å²) in [5.41, 5.74) is 4.47. The monoisotopic (exact) mass is 386 g/mol. The van der Waals surface area contributed by atoms with Crippen LogP contribution >= 0.6 is 0 Å². The van der Waals surface area contributed by atoms with Gasteiger partial charge in [0, 0.05) is 30.9 Å². The molecule has 1 atom stereocenters. The average molecular weight is 386 g/mol. The van der Waals surface area contributed by atoms with Gasteiger partial charge >= 0.3 is 0 Å². The van der Waals surface area contributed by atoms with Crippen LogP contribution in [-0.4, -0.2) is 38.4 Å². The fraction of sp³-hybridized carbons (Fsp3) is 0.182. The second-order valence-corrected chi connectivity index (χ2v) is 7.27. The lowest BCUT2D eigenvalue weighted by Crippen LogP contribution is -2.52. The molecule has 3 aromatic rings. The van der Waals surface area contributed by atoms with Crippen LogP contribution in [-0.2, 0) is 16.1 Å². The molecule has 2 aliphatic heterocycles. The number of hydrogen-bond donors (Lipinski definition) is 1. The Morgan fingerprint density at radius 1 is 1.00 bits per heavy atom. The summed E-state index contributed by atoms with van der Waals surface area (Å²) in [6.45, 7) is 0.368. The summed E-state index contributed by atoms with van der Waals surface area (Å²) in [6.07, 6.45) is 4.24. The van der Waals surface area contributed by atoms with E-state index in [1.54, 1.807) is 15.8 Å². The van der Waals surface area contributed by atoms with Crippen LogP contribution in [0.3, 0.4) is 0 Å². The molecule has 29 heavy (non-hydrogen) atoms. The minimum atomic E-state index is -0.598. The van der Waals surface area contributed by atoms with Crippen LogP contribution in [0.4, 0.5) is 0 Å². The summed E-state index contributed by atoms with van der Waals surface area (Å²) in [5, 5.41) is 6.60. The van der Waals surface area contributed by atoms with Crippen molar-refractivity contribution >= 4 is 17.7 Å². The van der Waals surface area contributed by atoms with Crippen LogP contribution < -0.4 is 5.32 Å². The lowest BCUT2D eigenvalue weighted by molar-refractivity contribution is -0.136. The molecule has 2 aromatic carbocycles. The smallest absolute Gasteiger partial charge is 0.255 e. The van der Waals surface area contributed by atoms with Crippen molar-refractivity contribution in [2.45, 2.75) is 25.4 Å². The van der Waals surface area contributed by atoms with E-state index in [9.17, 15) is 14.4 Å². The Labute approximate surface area is 166 Å². The molecule has 1 aromatic heterocycles. The van der Waals surface area contributed by atoms with Crippen molar-refractivity contribution in [3.63, 3.8) is 0 Å². The fourth-order valence-corrected chi connectivity index (χ4v) is 4.00. The number of aromatic nitrogens is 2. The Hall–Kier alpha value is -3.74. The number of hydrogen-bond acceptors (Lipinski definition) is 4. The molecule has 144 valence electrons. The van der Waals surface area contributed by atoms with E-state index in [1.807, 2.05) is 54.7 Å². The number of benzene rings is 2. The predicted octanol–water partition coefficient (Wildman–Crippen LogP) is 2.30. The maximum Gasteiger partial charge on any atom is 0.255 e. The van der Waals surface area contributed by atoms with Crippen LogP contribution in [0, 0.1) is 0 Å². The first-order chi connectivity index (χ1) is 14.1. The van der Waals surface area contributed by atoms with Crippen LogP contribution in [0.1, 0.15) is 28.8 Å². The van der Waals surface area contributed by atoms with Gasteiger partial charge in [-0.1, -0.05) is 18.2 Å². The maximum absolute atomic E-state index is 12.8. The van der Waals surface area contributed by atoms with Crippen LogP contribution in [0.15, 0.2) is 60.9 Å². The second kappa shape index (κ2) is 6.70. The van der Waals surface area contributed by atoms with Gasteiger partial charge in [-0.15, -0.1) is 0 Å². The third-order valence-corrected chi connectivity index (χ3v) is 5.47. The van der Waals surface area contributed by atoms with Crippen molar-refractivity contribution in [2.75, 3.05) is 0 Å². The number of nitrogens with one attached hydrogen (secondary N) is 1. The molecular weight excluding hydrogens is 368 g/mol. The number of rotatable bonds is 3. The van der Waals surface area contributed by atoms with Gasteiger partial charge in [0.05, 0.1) is 5.69 Å². The molecule has 0 radical (unpaired) electrons. The van der Waals surface area contributed by atoms with Crippen LogP contribution in [0.5, 0.6) is 0 Å². The second-order valence-electron chi connectivity index (χ2n) is 7.27. The van der Waals surface area contributed by atoms with E-state index in [2.05, 4.69) is 10.4 Å². The van der Waals surface area contributed by atoms with E-state index < -0.39 is 11.9 Å². The van der Waals surface area contributed by atoms with Gasteiger partial charge in [0.25, 0.3) is 5.91 Å². The molecule has 0 saturated carbocycles. The Bertz CT molecular complexity index is 1140. The maximum atomic E-state index is 12.8. The highest BCUT2D eigenvalue weighted by Crippen LogP contribution is 2.31. The van der Waals surface area contributed by atoms with Crippen molar-refractivity contribution < 1.29 is 14.4 Å². The summed E-state index contributed by atoms with van der Waals surface area (Å²) in [6, 6.07) is 15.0. The molecule has 0 spiro atoms. The zero-order valence-electron chi connectivity index (χ0n) is 15.5. The molecule has 5 rings (SSSR count). The van der Waals surface area contributed by atoms with Gasteiger partial charge in [-0.2, -0.15) is 5.10 Å². The molecule has 1 saturated heterocycles. The van der Waals surface area contributed by atoms with Crippen molar-refractivity contribution in [2.24, 2.45) is 0 Å². The number of imide groups is 1. The highest BCUT2D eigenvalue weighted by Gasteiger charge is 2.39. The van der Waals surface area contributed by atoms with Crippen molar-refractivity contribution in [1.82, 2.24) is 20.0 Å². The minimum Gasteiger partial charge on any atom is -0.322 e. The van der Waals surface area contributed by atoms with Gasteiger partial charge in [0.15, 0.2) is 0 Å². The third-order valence-electron chi connectivity index (χ3n) is 5.47. The van der Waals surface area contributed by atoms with Crippen molar-refractivity contribution in [3.8, 4) is 16.8 Å². The zero-order valence-corrected chi connectivity index (χ0v) is 15.5. The van der Waals surface area contributed by atoms with Crippen molar-refractivity contribution in [1.29, 1.82) is 0 Å². The van der Waals surface area contributed by atoms with Crippen molar-refractivity contribution in [3.05, 3.63) is 72.1 Å². The van der Waals surface area contributed by atoms with Crippen LogP contribution in [0.2, 0.25) is 0 Å². The lowest BCUT2D eigenvalue weighted by atomic mass is 10.00. The van der Waals surface area contributed by atoms with Gasteiger partial charge in [0.2, 0.25) is 11.8 Å². The van der Waals surface area contributed by atoms with Gasteiger partial charge in [-0.05, 0) is 53.4 Å². The summed E-state index contributed by atoms with van der Waals surface area (Å²) >= 11 is 0. The first-order valence-corrected chi connectivity index (χ1v) is 9.48. The van der Waals surface area contributed by atoms with Gasteiger partial charge < -0.3 is 4.90 Å². The number of nitrogens with zero attached hydrogens (tertiary/aromatic N) is 3. The molecular formula is C22H18N4O3. The van der Waals surface area contributed by atoms with E-state index in [-0.39, 0.29) is 18.2 Å². The van der Waals surface area contributed by atoms with E-state index in [1.165, 1.54) is 0 Å². The molecule has 1 N–H and O–H groups in total. The normalized spacial score (nSPS) is 18.7. The quantitative estimate of drug-likeness (QED) is 0.700. The highest BCUT2D eigenvalue weighted by atomic mass is 16.2. The van der Waals surface area contributed by atoms with Crippen LogP contribution in [0.25, 0.3) is 16.8 Å². The number of carbonyl (C=O) groups is 3. The molecule has 0 bridgehead atoms. The molecule has 3 amide bonds. The fourth-order valence-electron chi connectivity index (χ4n) is 4.00. The lowest BCUT2D eigenvalue weighted by Gasteiger charge is -2.29. The molecule has 7 heteroatoms. The Morgan fingerprint density at radius 2 is 1.86 bits per heavy atom. The third kappa shape index (κ3) is 3.00. The van der Waals surface area contributed by atoms with E-state index in [4.69, 9.17) is 0 Å².